The Bertz CT molecular complexity index is 1350. The number of esters is 2. The second kappa shape index (κ2) is 10.7. The van der Waals surface area contributed by atoms with Gasteiger partial charge in [0.25, 0.3) is 0 Å². The molecular formula is C26H29N5O7. The first-order valence-electron chi connectivity index (χ1n) is 11.9. The van der Waals surface area contributed by atoms with Crippen molar-refractivity contribution in [3.05, 3.63) is 60.0 Å². The molecule has 12 heteroatoms. The number of carbonyl (C=O) groups is 2. The van der Waals surface area contributed by atoms with Gasteiger partial charge in [0, 0.05) is 0 Å². The lowest BCUT2D eigenvalue weighted by Crippen LogP contribution is -2.43. The number of nitrogen functional groups attached to an aromatic ring is 1. The minimum atomic E-state index is -1.99. The molecule has 12 nitrogen and oxygen atoms in total. The van der Waals surface area contributed by atoms with E-state index in [4.69, 9.17) is 24.7 Å². The van der Waals surface area contributed by atoms with Gasteiger partial charge >= 0.3 is 11.9 Å². The predicted octanol–water partition coefficient (Wildman–Crippen LogP) is 1.51. The number of anilines is 1. The largest absolute Gasteiger partial charge is 0.456 e. The average Bonchev–Trinajstić information content (AvgIpc) is 3.43. The van der Waals surface area contributed by atoms with Gasteiger partial charge in [-0.2, -0.15) is 10.4 Å². The molecule has 1 fully saturated rings. The molecule has 1 aliphatic rings. The van der Waals surface area contributed by atoms with Crippen LogP contribution in [0.5, 0.6) is 0 Å². The van der Waals surface area contributed by atoms with Crippen LogP contribution in [0.2, 0.25) is 0 Å². The molecule has 38 heavy (non-hydrogen) atoms. The van der Waals surface area contributed by atoms with E-state index in [0.717, 1.165) is 0 Å². The molecule has 0 unspecified atom stereocenters. The first kappa shape index (κ1) is 27.0. The van der Waals surface area contributed by atoms with Gasteiger partial charge in [-0.05, 0) is 38.5 Å². The lowest BCUT2D eigenvalue weighted by atomic mass is 9.92. The number of aromatic nitrogens is 3. The third kappa shape index (κ3) is 5.31. The first-order valence-corrected chi connectivity index (χ1v) is 11.9. The van der Waals surface area contributed by atoms with Crippen molar-refractivity contribution in [1.82, 2.24) is 14.6 Å². The van der Waals surface area contributed by atoms with Crippen LogP contribution in [-0.2, 0) is 40.6 Å². The van der Waals surface area contributed by atoms with Crippen molar-refractivity contribution in [2.75, 3.05) is 19.1 Å². The van der Waals surface area contributed by atoms with Gasteiger partial charge < -0.3 is 29.8 Å². The minimum Gasteiger partial charge on any atom is -0.456 e. The molecule has 0 saturated carbocycles. The number of nitrogens with zero attached hydrogens (tertiary/aromatic N) is 4. The van der Waals surface area contributed by atoms with Gasteiger partial charge in [0.05, 0.1) is 24.1 Å². The third-order valence-electron chi connectivity index (χ3n) is 6.09. The Morgan fingerprint density at radius 3 is 2.66 bits per heavy atom. The van der Waals surface area contributed by atoms with E-state index in [0.29, 0.717) is 11.1 Å². The van der Waals surface area contributed by atoms with E-state index >= 15 is 0 Å². The Hall–Kier alpha value is -4.05. The molecule has 0 amide bonds. The molecule has 200 valence electrons. The Balaban J connectivity index is 1.59. The molecule has 1 saturated heterocycles. The number of ether oxygens (including phenoxy) is 4. The standard InChI is InChI=1S/C26H29N5O7/c1-25(2,3)24(34)36-15-35-12-18-21(37-20(32)11-16-7-5-4-6-8-16)22(33)26(13-27,38-18)19-10-9-17-23(28)29-14-30-31(17)19/h4-10,14,18,21-22,33H,11-12,15H2,1-3H3,(H2,28,29,30)/t18-,21-,22-,26+/m1/s1. The van der Waals surface area contributed by atoms with Crippen molar-refractivity contribution in [3.8, 4) is 6.07 Å². The topological polar surface area (TPSA) is 171 Å². The molecule has 1 aliphatic heterocycles. The van der Waals surface area contributed by atoms with Gasteiger partial charge in [0.1, 0.15) is 30.1 Å². The summed E-state index contributed by atoms with van der Waals surface area (Å²) >= 11 is 0. The summed E-state index contributed by atoms with van der Waals surface area (Å²) in [6, 6.07) is 14.1. The summed E-state index contributed by atoms with van der Waals surface area (Å²) in [5.41, 5.74) is 4.50. The molecule has 3 N–H and O–H groups in total. The van der Waals surface area contributed by atoms with Crippen LogP contribution in [0.15, 0.2) is 48.8 Å². The second-order valence-corrected chi connectivity index (χ2v) is 9.90. The van der Waals surface area contributed by atoms with Crippen LogP contribution in [0.1, 0.15) is 32.0 Å². The first-order chi connectivity index (χ1) is 18.1. The van der Waals surface area contributed by atoms with E-state index in [2.05, 4.69) is 10.1 Å². The van der Waals surface area contributed by atoms with Crippen molar-refractivity contribution in [1.29, 1.82) is 5.26 Å². The summed E-state index contributed by atoms with van der Waals surface area (Å²) in [6.07, 6.45) is -2.83. The SMILES string of the molecule is CC(C)(C)C(=O)OCOC[C@H]1O[C@@](C#N)(c2ccc3c(N)ncnn23)[C@H](O)[C@@H]1OC(=O)Cc1ccccc1. The fraction of sp³-hybridized carbons (Fsp3) is 0.423. The summed E-state index contributed by atoms with van der Waals surface area (Å²) in [5, 5.41) is 25.8. The zero-order valence-electron chi connectivity index (χ0n) is 21.2. The lowest BCUT2D eigenvalue weighted by Gasteiger charge is -2.24. The van der Waals surface area contributed by atoms with Crippen LogP contribution in [0.3, 0.4) is 0 Å². The number of aliphatic hydroxyl groups excluding tert-OH is 1. The highest BCUT2D eigenvalue weighted by molar-refractivity contribution is 5.75. The van der Waals surface area contributed by atoms with Crippen LogP contribution in [0, 0.1) is 16.7 Å². The predicted molar refractivity (Wildman–Crippen MR) is 132 cm³/mol. The minimum absolute atomic E-state index is 0.0573. The number of carbonyl (C=O) groups excluding carboxylic acids is 2. The van der Waals surface area contributed by atoms with E-state index < -0.39 is 48.1 Å². The number of fused-ring (bicyclic) bond motifs is 1. The van der Waals surface area contributed by atoms with Crippen molar-refractivity contribution < 1.29 is 33.6 Å². The van der Waals surface area contributed by atoms with Gasteiger partial charge in [-0.25, -0.2) is 9.50 Å². The molecule has 0 bridgehead atoms. The number of hydrogen-bond donors (Lipinski definition) is 2. The number of nitrogens with two attached hydrogens (primary N) is 1. The summed E-state index contributed by atoms with van der Waals surface area (Å²) in [4.78, 5) is 28.8. The Labute approximate surface area is 218 Å². The van der Waals surface area contributed by atoms with E-state index in [1.807, 2.05) is 12.1 Å². The highest BCUT2D eigenvalue weighted by Gasteiger charge is 2.59. The van der Waals surface area contributed by atoms with Crippen LogP contribution in [0.25, 0.3) is 5.52 Å². The van der Waals surface area contributed by atoms with E-state index in [9.17, 15) is 20.0 Å². The molecule has 0 aliphatic carbocycles. The monoisotopic (exact) mass is 523 g/mol. The van der Waals surface area contributed by atoms with Gasteiger partial charge in [0.15, 0.2) is 18.7 Å². The van der Waals surface area contributed by atoms with Crippen molar-refractivity contribution in [3.63, 3.8) is 0 Å². The van der Waals surface area contributed by atoms with Gasteiger partial charge in [-0.1, -0.05) is 30.3 Å². The Morgan fingerprint density at radius 2 is 1.97 bits per heavy atom. The molecule has 3 aromatic rings. The van der Waals surface area contributed by atoms with Crippen LogP contribution in [-0.4, -0.2) is 63.4 Å². The summed E-state index contributed by atoms with van der Waals surface area (Å²) in [7, 11) is 0. The second-order valence-electron chi connectivity index (χ2n) is 9.90. The maximum Gasteiger partial charge on any atom is 0.313 e. The fourth-order valence-electron chi connectivity index (χ4n) is 4.11. The van der Waals surface area contributed by atoms with Gasteiger partial charge in [0.2, 0.25) is 5.60 Å². The lowest BCUT2D eigenvalue weighted by molar-refractivity contribution is -0.172. The molecule has 0 spiro atoms. The zero-order valence-corrected chi connectivity index (χ0v) is 21.2. The van der Waals surface area contributed by atoms with E-state index in [1.54, 1.807) is 51.1 Å². The highest BCUT2D eigenvalue weighted by Crippen LogP contribution is 2.41. The quantitative estimate of drug-likeness (QED) is 0.249. The number of aliphatic hydroxyl groups is 1. The molecule has 3 heterocycles. The molecule has 0 radical (unpaired) electrons. The molecule has 2 aromatic heterocycles. The molecule has 4 rings (SSSR count). The van der Waals surface area contributed by atoms with Crippen molar-refractivity contribution in [2.45, 2.75) is 51.1 Å². The van der Waals surface area contributed by atoms with E-state index in [1.165, 1.54) is 16.9 Å². The molecular weight excluding hydrogens is 494 g/mol. The maximum atomic E-state index is 12.8. The van der Waals surface area contributed by atoms with Crippen LogP contribution in [0.4, 0.5) is 5.82 Å². The van der Waals surface area contributed by atoms with Gasteiger partial charge in [-0.15, -0.1) is 0 Å². The maximum absolute atomic E-state index is 12.8. The zero-order chi connectivity index (χ0) is 27.5. The number of rotatable bonds is 8. The highest BCUT2D eigenvalue weighted by atomic mass is 16.7. The normalized spacial score (nSPS) is 23.2. The number of hydrogen-bond acceptors (Lipinski definition) is 11. The molecule has 1 aromatic carbocycles. The number of nitriles is 1. The van der Waals surface area contributed by atoms with E-state index in [-0.39, 0.29) is 24.5 Å². The average molecular weight is 524 g/mol. The summed E-state index contributed by atoms with van der Waals surface area (Å²) < 4.78 is 23.7. The molecule has 4 atom stereocenters. The van der Waals surface area contributed by atoms with Gasteiger partial charge in [-0.3, -0.25) is 9.59 Å². The van der Waals surface area contributed by atoms with Crippen molar-refractivity contribution in [2.24, 2.45) is 5.41 Å². The van der Waals surface area contributed by atoms with Crippen LogP contribution < -0.4 is 5.73 Å². The van der Waals surface area contributed by atoms with Crippen LogP contribution >= 0.6 is 0 Å². The van der Waals surface area contributed by atoms with Crippen molar-refractivity contribution >= 4 is 23.3 Å². The summed E-state index contributed by atoms with van der Waals surface area (Å²) in [6.45, 7) is 4.46. The smallest absolute Gasteiger partial charge is 0.313 e. The summed E-state index contributed by atoms with van der Waals surface area (Å²) in [5.74, 6) is -0.939. The Kier molecular flexibility index (Phi) is 7.63. The Morgan fingerprint density at radius 1 is 1.24 bits per heavy atom. The fourth-order valence-corrected chi connectivity index (χ4v) is 4.11. The number of benzene rings is 1. The third-order valence-corrected chi connectivity index (χ3v) is 6.09.